The second-order valence-corrected chi connectivity index (χ2v) is 2.12. The lowest BCUT2D eigenvalue weighted by Crippen LogP contribution is -2.16. The Morgan fingerprint density at radius 3 is 3.18 bits per heavy atom. The second kappa shape index (κ2) is 2.57. The molecule has 11 heavy (non-hydrogen) atoms. The molecule has 4 nitrogen and oxygen atoms in total. The van der Waals surface area contributed by atoms with Crippen LogP contribution < -0.4 is 5.06 Å². The summed E-state index contributed by atoms with van der Waals surface area (Å²) in [5, 5.41) is 1.66. The lowest BCUT2D eigenvalue weighted by atomic mass is 10.4. The summed E-state index contributed by atoms with van der Waals surface area (Å²) in [7, 11) is 0. The van der Waals surface area contributed by atoms with E-state index in [1.807, 2.05) is 12.1 Å². The Kier molecular flexibility index (Phi) is 1.44. The Hall–Kier alpha value is -1.58. The lowest BCUT2D eigenvalue weighted by molar-refractivity contribution is 0.311. The molecule has 1 aliphatic heterocycles. The summed E-state index contributed by atoms with van der Waals surface area (Å²) in [5.41, 5.74) is 0.921. The molecule has 0 atom stereocenters. The van der Waals surface area contributed by atoms with Crippen molar-refractivity contribution >= 4 is 12.1 Å². The molecule has 0 saturated carbocycles. The number of hydrogen-bond acceptors (Lipinski definition) is 4. The van der Waals surface area contributed by atoms with Crippen molar-refractivity contribution < 1.29 is 4.84 Å². The average Bonchev–Trinajstić information content (AvgIpc) is 2.58. The fraction of sp³-hybridized carbons (Fsp3) is 0.143. The molecule has 4 heteroatoms. The highest BCUT2D eigenvalue weighted by molar-refractivity contribution is 5.55. The summed E-state index contributed by atoms with van der Waals surface area (Å²) < 4.78 is 0. The van der Waals surface area contributed by atoms with Crippen molar-refractivity contribution in [2.45, 2.75) is 0 Å². The van der Waals surface area contributed by atoms with E-state index in [1.54, 1.807) is 17.5 Å². The summed E-state index contributed by atoms with van der Waals surface area (Å²) in [6, 6.07) is 3.78. The zero-order chi connectivity index (χ0) is 7.52. The van der Waals surface area contributed by atoms with Crippen LogP contribution in [0.4, 0.5) is 5.69 Å². The largest absolute Gasteiger partial charge is 0.366 e. The lowest BCUT2D eigenvalue weighted by Gasteiger charge is -2.12. The van der Waals surface area contributed by atoms with Crippen LogP contribution in [0.1, 0.15) is 0 Å². The van der Waals surface area contributed by atoms with E-state index in [0.29, 0.717) is 6.67 Å². The molecule has 1 aromatic rings. The predicted molar refractivity (Wildman–Crippen MR) is 41.2 cm³/mol. The molecule has 56 valence electrons. The first-order valence-electron chi connectivity index (χ1n) is 3.29. The molecule has 0 radical (unpaired) electrons. The van der Waals surface area contributed by atoms with E-state index in [4.69, 9.17) is 4.84 Å². The summed E-state index contributed by atoms with van der Waals surface area (Å²) in [4.78, 5) is 12.9. The average molecular weight is 149 g/mol. The third kappa shape index (κ3) is 1.14. The van der Waals surface area contributed by atoms with Gasteiger partial charge in [0, 0.05) is 6.20 Å². The molecule has 2 rings (SSSR count). The molecule has 0 spiro atoms. The molecular formula is C7H7N3O. The van der Waals surface area contributed by atoms with Crippen LogP contribution in [0.5, 0.6) is 0 Å². The zero-order valence-electron chi connectivity index (χ0n) is 5.84. The van der Waals surface area contributed by atoms with Gasteiger partial charge in [0.2, 0.25) is 6.40 Å². The van der Waals surface area contributed by atoms with Gasteiger partial charge in [0.25, 0.3) is 0 Å². The maximum Gasteiger partial charge on any atom is 0.206 e. The summed E-state index contributed by atoms with van der Waals surface area (Å²) in [5.74, 6) is 0. The van der Waals surface area contributed by atoms with Gasteiger partial charge in [0.15, 0.2) is 0 Å². The van der Waals surface area contributed by atoms with Gasteiger partial charge < -0.3 is 4.84 Å². The highest BCUT2D eigenvalue weighted by Crippen LogP contribution is 2.13. The summed E-state index contributed by atoms with van der Waals surface area (Å²) in [6.07, 6.45) is 4.88. The molecule has 1 aromatic heterocycles. The van der Waals surface area contributed by atoms with Crippen molar-refractivity contribution in [1.82, 2.24) is 4.98 Å². The number of rotatable bonds is 1. The van der Waals surface area contributed by atoms with Gasteiger partial charge in [-0.15, -0.1) is 0 Å². The van der Waals surface area contributed by atoms with Crippen molar-refractivity contribution in [3.63, 3.8) is 0 Å². The van der Waals surface area contributed by atoms with Gasteiger partial charge in [-0.2, -0.15) is 5.06 Å². The van der Waals surface area contributed by atoms with Crippen molar-refractivity contribution in [1.29, 1.82) is 0 Å². The van der Waals surface area contributed by atoms with Gasteiger partial charge >= 0.3 is 0 Å². The maximum atomic E-state index is 5.04. The number of hydrogen-bond donors (Lipinski definition) is 0. The molecule has 2 heterocycles. The number of hydroxylamine groups is 1. The first-order valence-corrected chi connectivity index (χ1v) is 3.29. The first-order chi connectivity index (χ1) is 5.47. The SMILES string of the molecule is C1=NCN(c2cccnc2)O1. The molecule has 0 bridgehead atoms. The smallest absolute Gasteiger partial charge is 0.206 e. The van der Waals surface area contributed by atoms with Crippen molar-refractivity contribution in [2.24, 2.45) is 4.99 Å². The van der Waals surface area contributed by atoms with Gasteiger partial charge in [0.05, 0.1) is 11.9 Å². The summed E-state index contributed by atoms with van der Waals surface area (Å²) >= 11 is 0. The van der Waals surface area contributed by atoms with Crippen LogP contribution in [-0.2, 0) is 4.84 Å². The van der Waals surface area contributed by atoms with Crippen LogP contribution in [0.3, 0.4) is 0 Å². The fourth-order valence-corrected chi connectivity index (χ4v) is 0.875. The van der Waals surface area contributed by atoms with Crippen LogP contribution in [0.25, 0.3) is 0 Å². The van der Waals surface area contributed by atoms with Gasteiger partial charge in [-0.05, 0) is 12.1 Å². The predicted octanol–water partition coefficient (Wildman–Crippen LogP) is 0.819. The molecule has 0 fully saturated rings. The fourth-order valence-electron chi connectivity index (χ4n) is 0.875. The third-order valence-electron chi connectivity index (χ3n) is 1.39. The van der Waals surface area contributed by atoms with Crippen molar-refractivity contribution in [3.8, 4) is 0 Å². The van der Waals surface area contributed by atoms with Crippen LogP contribution in [0, 0.1) is 0 Å². The Balaban J connectivity index is 2.17. The van der Waals surface area contributed by atoms with Gasteiger partial charge in [-0.25, -0.2) is 4.99 Å². The second-order valence-electron chi connectivity index (χ2n) is 2.12. The van der Waals surface area contributed by atoms with Crippen LogP contribution in [-0.4, -0.2) is 18.1 Å². The maximum absolute atomic E-state index is 5.04. The minimum atomic E-state index is 0.547. The van der Waals surface area contributed by atoms with E-state index >= 15 is 0 Å². The standard InChI is InChI=1S/C7H7N3O/c1-2-7(4-8-3-1)10-5-9-6-11-10/h1-4,6H,5H2. The number of nitrogens with zero attached hydrogens (tertiary/aromatic N) is 3. The van der Waals surface area contributed by atoms with Gasteiger partial charge in [0.1, 0.15) is 6.67 Å². The molecule has 0 amide bonds. The Labute approximate surface area is 64.1 Å². The quantitative estimate of drug-likeness (QED) is 0.593. The number of pyridine rings is 1. The Morgan fingerprint density at radius 1 is 1.55 bits per heavy atom. The molecule has 0 aromatic carbocycles. The van der Waals surface area contributed by atoms with Crippen LogP contribution in [0.15, 0.2) is 29.5 Å². The van der Waals surface area contributed by atoms with Crippen LogP contribution >= 0.6 is 0 Å². The van der Waals surface area contributed by atoms with E-state index in [0.717, 1.165) is 5.69 Å². The normalized spacial score (nSPS) is 15.1. The molecular weight excluding hydrogens is 142 g/mol. The van der Waals surface area contributed by atoms with Crippen molar-refractivity contribution in [2.75, 3.05) is 11.7 Å². The zero-order valence-corrected chi connectivity index (χ0v) is 5.84. The van der Waals surface area contributed by atoms with E-state index in [9.17, 15) is 0 Å². The number of aliphatic imine (C=N–C) groups is 1. The minimum Gasteiger partial charge on any atom is -0.366 e. The molecule has 0 N–H and O–H groups in total. The third-order valence-corrected chi connectivity index (χ3v) is 1.39. The Bertz CT molecular complexity index is 252. The number of anilines is 1. The van der Waals surface area contributed by atoms with Crippen LogP contribution in [0.2, 0.25) is 0 Å². The molecule has 0 aliphatic carbocycles. The first kappa shape index (κ1) is 6.15. The highest BCUT2D eigenvalue weighted by Gasteiger charge is 2.08. The van der Waals surface area contributed by atoms with E-state index in [2.05, 4.69) is 9.98 Å². The molecule has 1 aliphatic rings. The number of aromatic nitrogens is 1. The van der Waals surface area contributed by atoms with Crippen molar-refractivity contribution in [3.05, 3.63) is 24.5 Å². The van der Waals surface area contributed by atoms with Gasteiger partial charge in [-0.3, -0.25) is 4.98 Å². The van der Waals surface area contributed by atoms with E-state index in [1.165, 1.54) is 6.40 Å². The van der Waals surface area contributed by atoms with E-state index in [-0.39, 0.29) is 0 Å². The molecule has 0 unspecified atom stereocenters. The minimum absolute atomic E-state index is 0.547. The Morgan fingerprint density at radius 2 is 2.55 bits per heavy atom. The topological polar surface area (TPSA) is 37.7 Å². The highest BCUT2D eigenvalue weighted by atomic mass is 16.7. The van der Waals surface area contributed by atoms with E-state index < -0.39 is 0 Å². The van der Waals surface area contributed by atoms with Gasteiger partial charge in [-0.1, -0.05) is 0 Å². The summed E-state index contributed by atoms with van der Waals surface area (Å²) in [6.45, 7) is 0.547. The molecule has 0 saturated heterocycles. The monoisotopic (exact) mass is 149 g/mol.